The van der Waals surface area contributed by atoms with Crippen molar-refractivity contribution in [2.75, 3.05) is 44.8 Å². The Morgan fingerprint density at radius 1 is 0.955 bits per heavy atom. The lowest BCUT2D eigenvalue weighted by Crippen LogP contribution is -2.14. The van der Waals surface area contributed by atoms with Crippen LogP contribution in [-0.4, -0.2) is 49.5 Å². The highest BCUT2D eigenvalue weighted by Gasteiger charge is 2.21. The molecule has 5 rings (SSSR count). The van der Waals surface area contributed by atoms with E-state index in [1.54, 1.807) is 30.3 Å². The van der Waals surface area contributed by atoms with E-state index < -0.39 is 5.91 Å². The van der Waals surface area contributed by atoms with Crippen LogP contribution in [0.15, 0.2) is 53.1 Å². The van der Waals surface area contributed by atoms with Gasteiger partial charge in [0.15, 0.2) is 16.6 Å². The second-order valence-corrected chi connectivity index (χ2v) is 10.2. The molecule has 0 radical (unpaired) electrons. The standard InChI is InChI=1S/C30H27N7O6S/c1-15-6-8-17(33-28(38)21-13-19(39-2)9-7-16(21)14-31)10-20(15)27-36-29(43-37-27)25-26(32)35-30(44-25)34-18-11-22(40-3)24(42-5)23(12-18)41-4/h6-13H,32H2,1-5H3,(H,33,38)(H,34,35). The first kappa shape index (κ1) is 29.7. The summed E-state index contributed by atoms with van der Waals surface area (Å²) >= 11 is 1.22. The molecule has 0 aliphatic rings. The fourth-order valence-corrected chi connectivity index (χ4v) is 5.14. The molecule has 5 aromatic rings. The van der Waals surface area contributed by atoms with Crippen LogP contribution in [0, 0.1) is 18.3 Å². The molecule has 3 aromatic carbocycles. The average Bonchev–Trinajstić information content (AvgIpc) is 3.67. The highest BCUT2D eigenvalue weighted by molar-refractivity contribution is 7.19. The molecule has 0 atom stereocenters. The van der Waals surface area contributed by atoms with Gasteiger partial charge in [-0.2, -0.15) is 10.2 Å². The van der Waals surface area contributed by atoms with Gasteiger partial charge in [0.05, 0.1) is 45.6 Å². The van der Waals surface area contributed by atoms with E-state index >= 15 is 0 Å². The van der Waals surface area contributed by atoms with Gasteiger partial charge < -0.3 is 39.8 Å². The van der Waals surface area contributed by atoms with Crippen molar-refractivity contribution in [2.24, 2.45) is 0 Å². The second-order valence-electron chi connectivity index (χ2n) is 9.20. The monoisotopic (exact) mass is 613 g/mol. The number of nitrogens with one attached hydrogen (secondary N) is 2. The van der Waals surface area contributed by atoms with E-state index in [2.05, 4.69) is 25.8 Å². The molecule has 14 heteroatoms. The molecule has 0 saturated heterocycles. The molecule has 224 valence electrons. The topological polar surface area (TPSA) is 180 Å². The van der Waals surface area contributed by atoms with Crippen LogP contribution in [0.2, 0.25) is 0 Å². The number of hydrogen-bond acceptors (Lipinski definition) is 13. The number of rotatable bonds is 10. The van der Waals surface area contributed by atoms with Gasteiger partial charge in [0.25, 0.3) is 11.8 Å². The van der Waals surface area contributed by atoms with Gasteiger partial charge in [-0.1, -0.05) is 22.6 Å². The third-order valence-corrected chi connectivity index (χ3v) is 7.49. The third-order valence-electron chi connectivity index (χ3n) is 6.52. The number of nitriles is 1. The summed E-state index contributed by atoms with van der Waals surface area (Å²) in [4.78, 5) is 22.5. The fourth-order valence-electron chi connectivity index (χ4n) is 4.32. The van der Waals surface area contributed by atoms with E-state index in [0.717, 1.165) is 5.56 Å². The molecular weight excluding hydrogens is 586 g/mol. The van der Waals surface area contributed by atoms with E-state index in [-0.39, 0.29) is 22.8 Å². The average molecular weight is 614 g/mol. The number of aryl methyl sites for hydroxylation is 1. The minimum absolute atomic E-state index is 0.178. The lowest BCUT2D eigenvalue weighted by Gasteiger charge is -2.14. The van der Waals surface area contributed by atoms with Crippen molar-refractivity contribution in [3.63, 3.8) is 0 Å². The van der Waals surface area contributed by atoms with Crippen molar-refractivity contribution in [3.8, 4) is 51.2 Å². The molecule has 0 unspecified atom stereocenters. The van der Waals surface area contributed by atoms with Crippen LogP contribution in [-0.2, 0) is 0 Å². The normalized spacial score (nSPS) is 10.5. The Kier molecular flexibility index (Phi) is 8.49. The van der Waals surface area contributed by atoms with Crippen LogP contribution in [0.3, 0.4) is 0 Å². The molecule has 1 amide bonds. The van der Waals surface area contributed by atoms with Crippen LogP contribution >= 0.6 is 11.3 Å². The summed E-state index contributed by atoms with van der Waals surface area (Å²) in [5.41, 5.74) is 9.22. The summed E-state index contributed by atoms with van der Waals surface area (Å²) in [5.74, 6) is 2.08. The van der Waals surface area contributed by atoms with Crippen LogP contribution < -0.4 is 35.3 Å². The Morgan fingerprint density at radius 3 is 2.36 bits per heavy atom. The summed E-state index contributed by atoms with van der Waals surface area (Å²) in [7, 11) is 6.08. The first-order valence-corrected chi connectivity index (χ1v) is 13.8. The zero-order valence-corrected chi connectivity index (χ0v) is 25.2. The molecule has 2 aromatic heterocycles. The van der Waals surface area contributed by atoms with E-state index in [1.165, 1.54) is 51.9 Å². The highest BCUT2D eigenvalue weighted by atomic mass is 32.1. The molecule has 0 aliphatic heterocycles. The predicted octanol–water partition coefficient (Wildman–Crippen LogP) is 5.65. The molecule has 13 nitrogen and oxygen atoms in total. The summed E-state index contributed by atoms with van der Waals surface area (Å²) in [6.45, 7) is 1.88. The van der Waals surface area contributed by atoms with E-state index in [4.69, 9.17) is 29.2 Å². The Bertz CT molecular complexity index is 1870. The van der Waals surface area contributed by atoms with Crippen molar-refractivity contribution in [1.82, 2.24) is 15.1 Å². The maximum absolute atomic E-state index is 13.0. The van der Waals surface area contributed by atoms with Crippen molar-refractivity contribution >= 4 is 39.6 Å². The number of anilines is 4. The largest absolute Gasteiger partial charge is 0.497 e. The molecule has 0 saturated carbocycles. The number of ether oxygens (including phenoxy) is 4. The van der Waals surface area contributed by atoms with Crippen LogP contribution in [0.5, 0.6) is 23.0 Å². The summed E-state index contributed by atoms with van der Waals surface area (Å²) in [5, 5.41) is 20.1. The summed E-state index contributed by atoms with van der Waals surface area (Å²) < 4.78 is 27.0. The minimum Gasteiger partial charge on any atom is -0.497 e. The number of nitrogens with zero attached hydrogens (tertiary/aromatic N) is 4. The van der Waals surface area contributed by atoms with Crippen molar-refractivity contribution in [1.29, 1.82) is 5.26 Å². The maximum atomic E-state index is 13.0. The number of thiazole rings is 1. The van der Waals surface area contributed by atoms with Gasteiger partial charge in [-0.15, -0.1) is 0 Å². The number of amides is 1. The SMILES string of the molecule is COc1ccc(C#N)c(C(=O)Nc2ccc(C)c(-c3noc(-c4sc(Nc5cc(OC)c(OC)c(OC)c5)nc4N)n3)c2)c1. The number of methoxy groups -OCH3 is 4. The third kappa shape index (κ3) is 5.90. The van der Waals surface area contributed by atoms with Crippen molar-refractivity contribution in [2.45, 2.75) is 6.92 Å². The zero-order chi connectivity index (χ0) is 31.4. The molecule has 0 spiro atoms. The smallest absolute Gasteiger partial charge is 0.272 e. The number of nitrogens with two attached hydrogens (primary N) is 1. The van der Waals surface area contributed by atoms with Crippen molar-refractivity contribution < 1.29 is 28.3 Å². The number of benzene rings is 3. The number of carbonyl (C=O) groups excluding carboxylic acids is 1. The second kappa shape index (κ2) is 12.6. The quantitative estimate of drug-likeness (QED) is 0.176. The lowest BCUT2D eigenvalue weighted by molar-refractivity contribution is 0.102. The minimum atomic E-state index is -0.464. The van der Waals surface area contributed by atoms with Gasteiger partial charge in [-0.3, -0.25) is 4.79 Å². The molecule has 2 heterocycles. The zero-order valence-electron chi connectivity index (χ0n) is 24.3. The predicted molar refractivity (Wildman–Crippen MR) is 165 cm³/mol. The van der Waals surface area contributed by atoms with Gasteiger partial charge in [0.1, 0.15) is 16.4 Å². The Labute approximate surface area is 256 Å². The molecule has 0 fully saturated rings. The van der Waals surface area contributed by atoms with Crippen molar-refractivity contribution in [3.05, 3.63) is 65.2 Å². The van der Waals surface area contributed by atoms with Gasteiger partial charge in [-0.05, 0) is 42.8 Å². The van der Waals surface area contributed by atoms with E-state index in [9.17, 15) is 10.1 Å². The van der Waals surface area contributed by atoms with Gasteiger partial charge >= 0.3 is 0 Å². The van der Waals surface area contributed by atoms with Crippen LogP contribution in [0.25, 0.3) is 22.2 Å². The first-order chi connectivity index (χ1) is 21.3. The maximum Gasteiger partial charge on any atom is 0.272 e. The van der Waals surface area contributed by atoms with E-state index in [1.807, 2.05) is 19.1 Å². The number of hydrogen-bond donors (Lipinski definition) is 3. The molecule has 0 aliphatic carbocycles. The van der Waals surface area contributed by atoms with Crippen LogP contribution in [0.4, 0.5) is 22.3 Å². The highest BCUT2D eigenvalue weighted by Crippen LogP contribution is 2.42. The van der Waals surface area contributed by atoms with E-state index in [0.29, 0.717) is 55.8 Å². The number of aromatic nitrogens is 3. The summed E-state index contributed by atoms with van der Waals surface area (Å²) in [6, 6.07) is 15.5. The fraction of sp³-hybridized carbons (Fsp3) is 0.167. The Morgan fingerprint density at radius 2 is 1.70 bits per heavy atom. The van der Waals surface area contributed by atoms with Gasteiger partial charge in [0.2, 0.25) is 11.6 Å². The first-order valence-electron chi connectivity index (χ1n) is 13.0. The molecule has 4 N–H and O–H groups in total. The molecular formula is C30H27N7O6S. The summed E-state index contributed by atoms with van der Waals surface area (Å²) in [6.07, 6.45) is 0. The molecule has 0 bridgehead atoms. The molecule has 44 heavy (non-hydrogen) atoms. The van der Waals surface area contributed by atoms with Crippen LogP contribution in [0.1, 0.15) is 21.5 Å². The number of carbonyl (C=O) groups is 1. The Hall–Kier alpha value is -5.81. The van der Waals surface area contributed by atoms with Gasteiger partial charge in [-0.25, -0.2) is 4.98 Å². The Balaban J connectivity index is 1.39. The lowest BCUT2D eigenvalue weighted by atomic mass is 10.1. The number of nitrogen functional groups attached to an aromatic ring is 1. The van der Waals surface area contributed by atoms with Gasteiger partial charge in [0, 0.05) is 29.1 Å².